The van der Waals surface area contributed by atoms with Gasteiger partial charge in [0.15, 0.2) is 0 Å². The lowest BCUT2D eigenvalue weighted by atomic mass is 10.1. The van der Waals surface area contributed by atoms with E-state index in [1.54, 1.807) is 42.1 Å². The molecule has 0 atom stereocenters. The van der Waals surface area contributed by atoms with Gasteiger partial charge in [-0.15, -0.1) is 0 Å². The average Bonchev–Trinajstić information content (AvgIpc) is 2.92. The highest BCUT2D eigenvalue weighted by atomic mass is 16.5. The van der Waals surface area contributed by atoms with Gasteiger partial charge in [-0.05, 0) is 24.3 Å². The van der Waals surface area contributed by atoms with Gasteiger partial charge in [0.25, 0.3) is 0 Å². The molecule has 2 aromatic carbocycles. The van der Waals surface area contributed by atoms with Crippen molar-refractivity contribution in [1.82, 2.24) is 4.57 Å². The summed E-state index contributed by atoms with van der Waals surface area (Å²) in [6.07, 6.45) is 1.64. The van der Waals surface area contributed by atoms with E-state index in [1.165, 1.54) is 12.1 Å². The first-order valence-electron chi connectivity index (χ1n) is 6.71. The summed E-state index contributed by atoms with van der Waals surface area (Å²) in [5.41, 5.74) is 1.57. The Bertz CT molecular complexity index is 967. The maximum Gasteiger partial charge on any atom is 0.339 e. The number of fused-ring (bicyclic) bond motifs is 1. The van der Waals surface area contributed by atoms with Gasteiger partial charge in [-0.3, -0.25) is 0 Å². The van der Waals surface area contributed by atoms with E-state index in [0.29, 0.717) is 17.0 Å². The van der Waals surface area contributed by atoms with E-state index in [-0.39, 0.29) is 11.3 Å². The molecule has 6 nitrogen and oxygen atoms in total. The van der Waals surface area contributed by atoms with Crippen molar-refractivity contribution in [2.45, 2.75) is 0 Å². The van der Waals surface area contributed by atoms with Gasteiger partial charge in [0.1, 0.15) is 23.1 Å². The van der Waals surface area contributed by atoms with Crippen molar-refractivity contribution in [3.63, 3.8) is 0 Å². The normalized spacial score (nSPS) is 10.4. The molecule has 0 unspecified atom stereocenters. The minimum atomic E-state index is -1.20. The predicted octanol–water partition coefficient (Wildman–Crippen LogP) is 2.91. The van der Waals surface area contributed by atoms with E-state index in [0.717, 1.165) is 10.9 Å². The number of carboxylic acids is 1. The number of aromatic nitrogens is 1. The minimum absolute atomic E-state index is 0.178. The number of benzene rings is 2. The van der Waals surface area contributed by atoms with Crippen molar-refractivity contribution < 1.29 is 19.7 Å². The maximum atomic E-state index is 11.0. The lowest BCUT2D eigenvalue weighted by molar-refractivity contribution is 0.0694. The fourth-order valence-electron chi connectivity index (χ4n) is 2.49. The fourth-order valence-corrected chi connectivity index (χ4v) is 2.49. The number of aromatic hydroxyl groups is 1. The van der Waals surface area contributed by atoms with Crippen molar-refractivity contribution in [1.29, 1.82) is 5.26 Å². The first-order valence-corrected chi connectivity index (χ1v) is 6.71. The Balaban J connectivity index is 2.25. The number of methoxy groups -OCH3 is 1. The van der Waals surface area contributed by atoms with Gasteiger partial charge in [-0.2, -0.15) is 5.26 Å². The molecule has 0 aliphatic carbocycles. The van der Waals surface area contributed by atoms with Crippen LogP contribution >= 0.6 is 0 Å². The average molecular weight is 308 g/mol. The minimum Gasteiger partial charge on any atom is -0.507 e. The maximum absolute atomic E-state index is 11.0. The van der Waals surface area contributed by atoms with Crippen LogP contribution in [0.25, 0.3) is 16.6 Å². The molecule has 0 amide bonds. The summed E-state index contributed by atoms with van der Waals surface area (Å²) < 4.78 is 6.92. The molecule has 23 heavy (non-hydrogen) atoms. The van der Waals surface area contributed by atoms with Crippen LogP contribution in [-0.2, 0) is 0 Å². The van der Waals surface area contributed by atoms with E-state index >= 15 is 0 Å². The molecule has 3 aromatic rings. The highest BCUT2D eigenvalue weighted by molar-refractivity contribution is 5.92. The zero-order valence-electron chi connectivity index (χ0n) is 12.1. The third-order valence-corrected chi connectivity index (χ3v) is 3.62. The molecule has 2 N–H and O–H groups in total. The molecule has 0 aliphatic rings. The topological polar surface area (TPSA) is 95.5 Å². The molecule has 1 aromatic heterocycles. The van der Waals surface area contributed by atoms with Gasteiger partial charge in [0, 0.05) is 29.4 Å². The van der Waals surface area contributed by atoms with Gasteiger partial charge in [0.05, 0.1) is 18.2 Å². The van der Waals surface area contributed by atoms with Crippen molar-refractivity contribution >= 4 is 16.9 Å². The SMILES string of the molecule is COc1ccc2c(C#N)cn(-c3ccc(C(=O)O)c(O)c3)c2c1. The van der Waals surface area contributed by atoms with E-state index in [2.05, 4.69) is 6.07 Å². The summed E-state index contributed by atoms with van der Waals surface area (Å²) >= 11 is 0. The number of phenols is 1. The van der Waals surface area contributed by atoms with Crippen LogP contribution in [0.15, 0.2) is 42.6 Å². The summed E-state index contributed by atoms with van der Waals surface area (Å²) in [7, 11) is 1.55. The van der Waals surface area contributed by atoms with Crippen LogP contribution in [-0.4, -0.2) is 27.9 Å². The second-order valence-corrected chi connectivity index (χ2v) is 4.91. The highest BCUT2D eigenvalue weighted by Crippen LogP contribution is 2.30. The van der Waals surface area contributed by atoms with Crippen LogP contribution in [0.1, 0.15) is 15.9 Å². The summed E-state index contributed by atoms with van der Waals surface area (Å²) in [5, 5.41) is 28.9. The molecule has 1 heterocycles. The molecule has 0 saturated carbocycles. The Morgan fingerprint density at radius 1 is 1.26 bits per heavy atom. The zero-order chi connectivity index (χ0) is 16.6. The van der Waals surface area contributed by atoms with Gasteiger partial charge in [-0.25, -0.2) is 4.79 Å². The molecule has 6 heteroatoms. The quantitative estimate of drug-likeness (QED) is 0.775. The number of nitriles is 1. The second kappa shape index (κ2) is 5.39. The molecule has 114 valence electrons. The Labute approximate surface area is 131 Å². The first kappa shape index (κ1) is 14.5. The number of hydrogen-bond donors (Lipinski definition) is 2. The van der Waals surface area contributed by atoms with Gasteiger partial charge in [-0.1, -0.05) is 0 Å². The Kier molecular flexibility index (Phi) is 3.39. The summed E-state index contributed by atoms with van der Waals surface area (Å²) in [5.74, 6) is -0.906. The Morgan fingerprint density at radius 3 is 2.65 bits per heavy atom. The van der Waals surface area contributed by atoms with Crippen LogP contribution < -0.4 is 4.74 Å². The zero-order valence-corrected chi connectivity index (χ0v) is 12.1. The van der Waals surface area contributed by atoms with Gasteiger partial charge >= 0.3 is 5.97 Å². The number of nitrogens with zero attached hydrogens (tertiary/aromatic N) is 2. The predicted molar refractivity (Wildman–Crippen MR) is 83.2 cm³/mol. The summed E-state index contributed by atoms with van der Waals surface area (Å²) in [4.78, 5) is 11.0. The van der Waals surface area contributed by atoms with E-state index in [1.807, 2.05) is 0 Å². The molecule has 3 rings (SSSR count). The number of carboxylic acid groups (broad SMARTS) is 1. The molecular weight excluding hydrogens is 296 g/mol. The van der Waals surface area contributed by atoms with Crippen molar-refractivity contribution in [3.8, 4) is 23.3 Å². The van der Waals surface area contributed by atoms with Crippen molar-refractivity contribution in [2.24, 2.45) is 0 Å². The largest absolute Gasteiger partial charge is 0.507 e. The molecule has 0 fully saturated rings. The first-order chi connectivity index (χ1) is 11.0. The fraction of sp³-hybridized carbons (Fsp3) is 0.0588. The van der Waals surface area contributed by atoms with Crippen LogP contribution in [0.2, 0.25) is 0 Å². The molecular formula is C17H12N2O4. The Hall–Kier alpha value is -3.46. The van der Waals surface area contributed by atoms with Gasteiger partial charge in [0.2, 0.25) is 0 Å². The standard InChI is InChI=1S/C17H12N2O4/c1-23-12-3-5-13-10(8-18)9-19(15(13)7-12)11-2-4-14(17(21)22)16(20)6-11/h2-7,9,20H,1H3,(H,21,22). The van der Waals surface area contributed by atoms with Crippen LogP contribution in [0.3, 0.4) is 0 Å². The second-order valence-electron chi connectivity index (χ2n) is 4.91. The summed E-state index contributed by atoms with van der Waals surface area (Å²) in [6.45, 7) is 0. The number of hydrogen-bond acceptors (Lipinski definition) is 4. The lowest BCUT2D eigenvalue weighted by Crippen LogP contribution is -1.99. The number of ether oxygens (including phenoxy) is 1. The molecule has 0 radical (unpaired) electrons. The Morgan fingerprint density at radius 2 is 2.04 bits per heavy atom. The van der Waals surface area contributed by atoms with E-state index in [9.17, 15) is 15.2 Å². The third-order valence-electron chi connectivity index (χ3n) is 3.62. The molecule has 0 bridgehead atoms. The monoisotopic (exact) mass is 308 g/mol. The lowest BCUT2D eigenvalue weighted by Gasteiger charge is -2.08. The number of aromatic carboxylic acids is 1. The highest BCUT2D eigenvalue weighted by Gasteiger charge is 2.14. The van der Waals surface area contributed by atoms with Crippen LogP contribution in [0, 0.1) is 11.3 Å². The van der Waals surface area contributed by atoms with Crippen LogP contribution in [0.4, 0.5) is 0 Å². The molecule has 0 spiro atoms. The smallest absolute Gasteiger partial charge is 0.339 e. The van der Waals surface area contributed by atoms with Gasteiger partial charge < -0.3 is 19.5 Å². The number of rotatable bonds is 3. The summed E-state index contributed by atoms with van der Waals surface area (Å²) in [6, 6.07) is 11.7. The van der Waals surface area contributed by atoms with Crippen molar-refractivity contribution in [2.75, 3.05) is 7.11 Å². The molecule has 0 aliphatic heterocycles. The van der Waals surface area contributed by atoms with E-state index in [4.69, 9.17) is 9.84 Å². The third kappa shape index (κ3) is 2.34. The number of carbonyl (C=O) groups is 1. The van der Waals surface area contributed by atoms with E-state index < -0.39 is 5.97 Å². The van der Waals surface area contributed by atoms with Crippen molar-refractivity contribution in [3.05, 3.63) is 53.7 Å². The molecule has 0 saturated heterocycles. The van der Waals surface area contributed by atoms with Crippen LogP contribution in [0.5, 0.6) is 11.5 Å².